The number of hydrogen-bond donors (Lipinski definition) is 0. The smallest absolute Gasteiger partial charge is 0.305 e. The van der Waals surface area contributed by atoms with Crippen molar-refractivity contribution in [1.29, 1.82) is 0 Å². The Hall–Kier alpha value is -1.36. The molecule has 0 aromatic carbocycles. The van der Waals surface area contributed by atoms with Gasteiger partial charge in [-0.15, -0.1) is 11.3 Å². The van der Waals surface area contributed by atoms with Crippen LogP contribution in [0.15, 0.2) is 6.07 Å². The maximum atomic E-state index is 12.2. The third kappa shape index (κ3) is 4.35. The number of ether oxygens (including phenoxy) is 1. The quantitative estimate of drug-likeness (QED) is 0.754. The number of hydrogen-bond acceptors (Lipinski definition) is 4. The summed E-state index contributed by atoms with van der Waals surface area (Å²) < 4.78 is 4.57. The average Bonchev–Trinajstić information content (AvgIpc) is 2.78. The van der Waals surface area contributed by atoms with Gasteiger partial charge in [0.05, 0.1) is 12.0 Å². The molecule has 1 aromatic rings. The molecule has 0 unspecified atom stereocenters. The number of amides is 1. The predicted molar refractivity (Wildman–Crippen MR) is 76.6 cm³/mol. The van der Waals surface area contributed by atoms with Crippen molar-refractivity contribution >= 4 is 23.2 Å². The number of carbonyl (C=O) groups is 2. The van der Waals surface area contributed by atoms with Gasteiger partial charge in [-0.25, -0.2) is 0 Å². The fourth-order valence-electron chi connectivity index (χ4n) is 1.83. The highest BCUT2D eigenvalue weighted by molar-refractivity contribution is 7.14. The van der Waals surface area contributed by atoms with Gasteiger partial charge in [0.1, 0.15) is 0 Å². The van der Waals surface area contributed by atoms with Crippen LogP contribution in [0.3, 0.4) is 0 Å². The van der Waals surface area contributed by atoms with Gasteiger partial charge in [0, 0.05) is 24.9 Å². The van der Waals surface area contributed by atoms with Crippen LogP contribution in [0.4, 0.5) is 0 Å². The summed E-state index contributed by atoms with van der Waals surface area (Å²) in [5, 5.41) is 0. The molecule has 0 saturated heterocycles. The molecule has 0 N–H and O–H groups in total. The Morgan fingerprint density at radius 1 is 1.42 bits per heavy atom. The first kappa shape index (κ1) is 15.7. The number of rotatable bonds is 6. The van der Waals surface area contributed by atoms with Gasteiger partial charge >= 0.3 is 5.97 Å². The van der Waals surface area contributed by atoms with E-state index in [-0.39, 0.29) is 11.9 Å². The summed E-state index contributed by atoms with van der Waals surface area (Å²) in [4.78, 5) is 26.8. The lowest BCUT2D eigenvalue weighted by Crippen LogP contribution is -2.27. The normalized spacial score (nSPS) is 10.3. The minimum absolute atomic E-state index is 0.0256. The van der Waals surface area contributed by atoms with Crippen molar-refractivity contribution < 1.29 is 14.3 Å². The Balaban J connectivity index is 2.54. The van der Waals surface area contributed by atoms with Gasteiger partial charge in [0.15, 0.2) is 0 Å². The average molecular weight is 283 g/mol. The molecule has 0 aliphatic heterocycles. The zero-order valence-electron chi connectivity index (χ0n) is 12.0. The van der Waals surface area contributed by atoms with Crippen LogP contribution in [-0.2, 0) is 16.0 Å². The maximum absolute atomic E-state index is 12.2. The fraction of sp³-hybridized carbons (Fsp3) is 0.571. The zero-order valence-corrected chi connectivity index (χ0v) is 12.8. The van der Waals surface area contributed by atoms with Crippen LogP contribution in [-0.4, -0.2) is 37.5 Å². The van der Waals surface area contributed by atoms with Gasteiger partial charge in [0.25, 0.3) is 5.91 Å². The first-order valence-corrected chi connectivity index (χ1v) is 7.22. The Bertz CT molecular complexity index is 454. The lowest BCUT2D eigenvalue weighted by Gasteiger charge is -2.15. The van der Waals surface area contributed by atoms with E-state index in [1.807, 2.05) is 13.0 Å². The molecule has 0 atom stereocenters. The highest BCUT2D eigenvalue weighted by Crippen LogP contribution is 2.23. The molecule has 0 spiro atoms. The highest BCUT2D eigenvalue weighted by Gasteiger charge is 2.15. The van der Waals surface area contributed by atoms with E-state index in [1.54, 1.807) is 11.9 Å². The van der Waals surface area contributed by atoms with Crippen molar-refractivity contribution in [1.82, 2.24) is 4.90 Å². The van der Waals surface area contributed by atoms with E-state index in [2.05, 4.69) is 11.7 Å². The number of aryl methyl sites for hydroxylation is 2. The molecular formula is C14H21NO3S. The van der Waals surface area contributed by atoms with Gasteiger partial charge in [-0.3, -0.25) is 9.59 Å². The van der Waals surface area contributed by atoms with Crippen LogP contribution in [0.2, 0.25) is 0 Å². The molecule has 0 aliphatic rings. The molecule has 1 amide bonds. The summed E-state index contributed by atoms with van der Waals surface area (Å²) >= 11 is 1.54. The molecule has 0 radical (unpaired) electrons. The second-order valence-corrected chi connectivity index (χ2v) is 5.71. The fourth-order valence-corrected chi connectivity index (χ4v) is 2.94. The van der Waals surface area contributed by atoms with E-state index in [9.17, 15) is 9.59 Å². The van der Waals surface area contributed by atoms with Crippen LogP contribution < -0.4 is 0 Å². The topological polar surface area (TPSA) is 46.6 Å². The van der Waals surface area contributed by atoms with Gasteiger partial charge in [-0.2, -0.15) is 0 Å². The monoisotopic (exact) mass is 283 g/mol. The Labute approximate surface area is 118 Å². The van der Waals surface area contributed by atoms with Crippen molar-refractivity contribution in [3.8, 4) is 0 Å². The first-order chi connectivity index (χ1) is 8.99. The molecule has 1 heterocycles. The van der Waals surface area contributed by atoms with Crippen LogP contribution in [0, 0.1) is 6.92 Å². The first-order valence-electron chi connectivity index (χ1n) is 6.41. The summed E-state index contributed by atoms with van der Waals surface area (Å²) in [6.45, 7) is 4.69. The minimum atomic E-state index is -0.235. The van der Waals surface area contributed by atoms with Gasteiger partial charge < -0.3 is 9.64 Å². The number of carbonyl (C=O) groups excluding carboxylic acids is 2. The summed E-state index contributed by atoms with van der Waals surface area (Å²) in [6, 6.07) is 1.97. The van der Waals surface area contributed by atoms with Crippen LogP contribution >= 0.6 is 11.3 Å². The Morgan fingerprint density at radius 2 is 2.11 bits per heavy atom. The largest absolute Gasteiger partial charge is 0.469 e. The third-order valence-electron chi connectivity index (χ3n) is 3.06. The van der Waals surface area contributed by atoms with Gasteiger partial charge in [-0.05, 0) is 31.4 Å². The maximum Gasteiger partial charge on any atom is 0.305 e. The van der Waals surface area contributed by atoms with Crippen LogP contribution in [0.1, 0.15) is 39.9 Å². The summed E-state index contributed by atoms with van der Waals surface area (Å²) in [5.41, 5.74) is 1.23. The summed E-state index contributed by atoms with van der Waals surface area (Å²) in [6.07, 6.45) is 1.92. The predicted octanol–water partition coefficient (Wildman–Crippen LogP) is 2.64. The van der Waals surface area contributed by atoms with Crippen molar-refractivity contribution in [2.75, 3.05) is 20.7 Å². The van der Waals surface area contributed by atoms with E-state index in [1.165, 1.54) is 28.9 Å². The second-order valence-electron chi connectivity index (χ2n) is 4.45. The van der Waals surface area contributed by atoms with Crippen molar-refractivity contribution in [2.45, 2.75) is 33.1 Å². The number of methoxy groups -OCH3 is 1. The Kier molecular flexibility index (Phi) is 6.02. The third-order valence-corrected chi connectivity index (χ3v) is 4.14. The van der Waals surface area contributed by atoms with E-state index >= 15 is 0 Å². The van der Waals surface area contributed by atoms with Crippen molar-refractivity contribution in [3.05, 3.63) is 21.4 Å². The number of esters is 1. The van der Waals surface area contributed by atoms with Crippen molar-refractivity contribution in [2.24, 2.45) is 0 Å². The molecule has 4 nitrogen and oxygen atoms in total. The SMILES string of the molecule is CCc1cc(C(=O)N(C)CCCC(=O)OC)sc1C. The number of nitrogens with zero attached hydrogens (tertiary/aromatic N) is 1. The van der Waals surface area contributed by atoms with E-state index < -0.39 is 0 Å². The molecular weight excluding hydrogens is 262 g/mol. The van der Waals surface area contributed by atoms with Gasteiger partial charge in [-0.1, -0.05) is 6.92 Å². The molecule has 0 saturated carbocycles. The van der Waals surface area contributed by atoms with Crippen molar-refractivity contribution in [3.63, 3.8) is 0 Å². The van der Waals surface area contributed by atoms with E-state index in [0.717, 1.165) is 11.3 Å². The molecule has 0 aliphatic carbocycles. The molecule has 5 heteroatoms. The minimum Gasteiger partial charge on any atom is -0.469 e. The molecule has 19 heavy (non-hydrogen) atoms. The lowest BCUT2D eigenvalue weighted by atomic mass is 10.2. The molecule has 106 valence electrons. The van der Waals surface area contributed by atoms with E-state index in [4.69, 9.17) is 0 Å². The second kappa shape index (κ2) is 7.28. The van der Waals surface area contributed by atoms with Crippen LogP contribution in [0.5, 0.6) is 0 Å². The molecule has 0 bridgehead atoms. The van der Waals surface area contributed by atoms with E-state index in [0.29, 0.717) is 19.4 Å². The lowest BCUT2D eigenvalue weighted by molar-refractivity contribution is -0.140. The van der Waals surface area contributed by atoms with Crippen LogP contribution in [0.25, 0.3) is 0 Å². The standard InChI is InChI=1S/C14H21NO3S/c1-5-11-9-12(19-10(11)2)14(17)15(3)8-6-7-13(16)18-4/h9H,5-8H2,1-4H3. The summed E-state index contributed by atoms with van der Waals surface area (Å²) in [7, 11) is 3.14. The Morgan fingerprint density at radius 3 is 2.63 bits per heavy atom. The van der Waals surface area contributed by atoms with Gasteiger partial charge in [0.2, 0.25) is 0 Å². The highest BCUT2D eigenvalue weighted by atomic mass is 32.1. The molecule has 1 rings (SSSR count). The number of thiophene rings is 1. The molecule has 0 fully saturated rings. The molecule has 1 aromatic heterocycles. The zero-order chi connectivity index (χ0) is 14.4. The summed E-state index contributed by atoms with van der Waals surface area (Å²) in [5.74, 6) is -0.209.